The van der Waals surface area contributed by atoms with Crippen LogP contribution in [0.2, 0.25) is 0 Å². The Hall–Kier alpha value is -1.38. The second kappa shape index (κ2) is 8.82. The minimum atomic E-state index is -0.179. The predicted molar refractivity (Wildman–Crippen MR) is 97.2 cm³/mol. The van der Waals surface area contributed by atoms with Crippen LogP contribution in [0, 0.1) is 0 Å². The minimum absolute atomic E-state index is 0.0479. The van der Waals surface area contributed by atoms with E-state index in [1.54, 1.807) is 7.05 Å². The van der Waals surface area contributed by atoms with E-state index in [1.807, 2.05) is 4.57 Å². The largest absolute Gasteiger partial charge is 0.379 e. The fraction of sp³-hybridized carbons (Fsp3) is 0.706. The van der Waals surface area contributed by atoms with Gasteiger partial charge in [0.1, 0.15) is 5.03 Å². The molecule has 1 N–H and O–H groups in total. The summed E-state index contributed by atoms with van der Waals surface area (Å²) in [6, 6.07) is 0. The van der Waals surface area contributed by atoms with Gasteiger partial charge in [0, 0.05) is 44.5 Å². The number of nitrogens with zero attached hydrogens (tertiary/aromatic N) is 3. The molecule has 1 aliphatic carbocycles. The van der Waals surface area contributed by atoms with E-state index in [4.69, 9.17) is 4.74 Å². The molecule has 1 aromatic heterocycles. The molecular formula is C17H26N4O3S. The SMILES string of the molecule is CNC(=O)CSc1nc(=O)n(CCCN2CCOCC2)c2c1CCC2. The second-order valence-electron chi connectivity index (χ2n) is 6.40. The first-order valence-corrected chi connectivity index (χ1v) is 9.93. The van der Waals surface area contributed by atoms with Gasteiger partial charge in [-0.3, -0.25) is 14.3 Å². The molecule has 1 saturated heterocycles. The van der Waals surface area contributed by atoms with Crippen molar-refractivity contribution in [2.24, 2.45) is 0 Å². The van der Waals surface area contributed by atoms with Crippen LogP contribution in [0.5, 0.6) is 0 Å². The molecule has 25 heavy (non-hydrogen) atoms. The van der Waals surface area contributed by atoms with Crippen LogP contribution in [0.1, 0.15) is 24.1 Å². The molecule has 0 saturated carbocycles. The lowest BCUT2D eigenvalue weighted by molar-refractivity contribution is -0.118. The average molecular weight is 366 g/mol. The molecule has 2 aliphatic rings. The molecule has 1 amide bonds. The van der Waals surface area contributed by atoms with E-state index >= 15 is 0 Å². The van der Waals surface area contributed by atoms with Crippen molar-refractivity contribution in [1.29, 1.82) is 0 Å². The molecule has 1 aromatic rings. The molecule has 0 atom stereocenters. The van der Waals surface area contributed by atoms with Gasteiger partial charge < -0.3 is 10.1 Å². The van der Waals surface area contributed by atoms with Gasteiger partial charge in [-0.1, -0.05) is 11.8 Å². The molecule has 1 aliphatic heterocycles. The van der Waals surface area contributed by atoms with E-state index in [0.29, 0.717) is 12.3 Å². The van der Waals surface area contributed by atoms with Crippen LogP contribution in [-0.4, -0.2) is 66.0 Å². The molecule has 0 aromatic carbocycles. The van der Waals surface area contributed by atoms with E-state index in [-0.39, 0.29) is 11.6 Å². The molecule has 0 bridgehead atoms. The number of nitrogens with one attached hydrogen (secondary N) is 1. The third kappa shape index (κ3) is 4.62. The van der Waals surface area contributed by atoms with Crippen molar-refractivity contribution in [2.75, 3.05) is 45.6 Å². The summed E-state index contributed by atoms with van der Waals surface area (Å²) in [5.74, 6) is 0.254. The first-order valence-electron chi connectivity index (χ1n) is 8.95. The van der Waals surface area contributed by atoms with Gasteiger partial charge in [-0.05, 0) is 25.7 Å². The minimum Gasteiger partial charge on any atom is -0.379 e. The van der Waals surface area contributed by atoms with Crippen LogP contribution in [0.25, 0.3) is 0 Å². The Balaban J connectivity index is 1.66. The molecule has 0 radical (unpaired) electrons. The number of carbonyl (C=O) groups excluding carboxylic acids is 1. The van der Waals surface area contributed by atoms with Crippen LogP contribution >= 0.6 is 11.8 Å². The highest BCUT2D eigenvalue weighted by Gasteiger charge is 2.22. The van der Waals surface area contributed by atoms with E-state index in [0.717, 1.165) is 69.3 Å². The highest BCUT2D eigenvalue weighted by atomic mass is 32.2. The van der Waals surface area contributed by atoms with Gasteiger partial charge in [0.05, 0.1) is 19.0 Å². The number of carbonyl (C=O) groups is 1. The summed E-state index contributed by atoms with van der Waals surface area (Å²) in [5.41, 5.74) is 2.11. The first kappa shape index (κ1) is 18.4. The summed E-state index contributed by atoms with van der Waals surface area (Å²) in [6.07, 6.45) is 3.87. The second-order valence-corrected chi connectivity index (χ2v) is 7.36. The zero-order valence-electron chi connectivity index (χ0n) is 14.8. The van der Waals surface area contributed by atoms with Crippen molar-refractivity contribution in [3.8, 4) is 0 Å². The summed E-state index contributed by atoms with van der Waals surface area (Å²) in [6.45, 7) is 5.24. The Morgan fingerprint density at radius 2 is 2.08 bits per heavy atom. The number of amides is 1. The maximum atomic E-state index is 12.5. The number of hydrogen-bond acceptors (Lipinski definition) is 6. The van der Waals surface area contributed by atoms with Crippen molar-refractivity contribution in [2.45, 2.75) is 37.3 Å². The van der Waals surface area contributed by atoms with Gasteiger partial charge in [0.15, 0.2) is 0 Å². The van der Waals surface area contributed by atoms with Gasteiger partial charge in [0.2, 0.25) is 5.91 Å². The smallest absolute Gasteiger partial charge is 0.348 e. The molecule has 2 heterocycles. The third-order valence-corrected chi connectivity index (χ3v) is 5.80. The van der Waals surface area contributed by atoms with Crippen molar-refractivity contribution in [1.82, 2.24) is 19.8 Å². The lowest BCUT2D eigenvalue weighted by atomic mass is 10.2. The lowest BCUT2D eigenvalue weighted by Crippen LogP contribution is -2.37. The van der Waals surface area contributed by atoms with E-state index < -0.39 is 0 Å². The summed E-state index contributed by atoms with van der Waals surface area (Å²) >= 11 is 1.37. The Kier molecular flexibility index (Phi) is 6.50. The number of rotatable bonds is 7. The Bertz CT molecular complexity index is 671. The molecule has 3 rings (SSSR count). The number of aromatic nitrogens is 2. The summed E-state index contributed by atoms with van der Waals surface area (Å²) in [4.78, 5) is 30.6. The zero-order valence-corrected chi connectivity index (χ0v) is 15.6. The van der Waals surface area contributed by atoms with E-state index in [2.05, 4.69) is 15.2 Å². The Morgan fingerprint density at radius 3 is 2.84 bits per heavy atom. The highest BCUT2D eigenvalue weighted by molar-refractivity contribution is 7.99. The number of morpholine rings is 1. The van der Waals surface area contributed by atoms with Crippen LogP contribution in [0.15, 0.2) is 9.82 Å². The van der Waals surface area contributed by atoms with Gasteiger partial charge in [-0.25, -0.2) is 4.79 Å². The quantitative estimate of drug-likeness (QED) is 0.552. The van der Waals surface area contributed by atoms with Crippen molar-refractivity contribution < 1.29 is 9.53 Å². The maximum absolute atomic E-state index is 12.5. The Labute approximate surface area is 152 Å². The summed E-state index contributed by atoms with van der Waals surface area (Å²) < 4.78 is 7.22. The molecule has 1 fully saturated rings. The number of thioether (sulfide) groups is 1. The summed E-state index contributed by atoms with van der Waals surface area (Å²) in [7, 11) is 1.62. The van der Waals surface area contributed by atoms with E-state index in [9.17, 15) is 9.59 Å². The maximum Gasteiger partial charge on any atom is 0.348 e. The molecule has 0 unspecified atom stereocenters. The standard InChI is InChI=1S/C17H26N4O3S/c1-18-15(22)12-25-16-13-4-2-5-14(13)21(17(23)19-16)7-3-6-20-8-10-24-11-9-20/h2-12H2,1H3,(H,18,22). The van der Waals surface area contributed by atoms with Crippen LogP contribution in [0.4, 0.5) is 0 Å². The fourth-order valence-electron chi connectivity index (χ4n) is 3.42. The fourth-order valence-corrected chi connectivity index (χ4v) is 4.37. The van der Waals surface area contributed by atoms with Gasteiger partial charge in [0.25, 0.3) is 0 Å². The van der Waals surface area contributed by atoms with Crippen molar-refractivity contribution >= 4 is 17.7 Å². The predicted octanol–water partition coefficient (Wildman–Crippen LogP) is 0.292. The van der Waals surface area contributed by atoms with Gasteiger partial charge in [-0.2, -0.15) is 4.98 Å². The number of fused-ring (bicyclic) bond motifs is 1. The average Bonchev–Trinajstić information content (AvgIpc) is 3.12. The van der Waals surface area contributed by atoms with Crippen molar-refractivity contribution in [3.63, 3.8) is 0 Å². The van der Waals surface area contributed by atoms with Gasteiger partial charge >= 0.3 is 5.69 Å². The van der Waals surface area contributed by atoms with Crippen LogP contribution in [0.3, 0.4) is 0 Å². The topological polar surface area (TPSA) is 76.5 Å². The molecule has 138 valence electrons. The third-order valence-electron chi connectivity index (χ3n) is 4.78. The first-order chi connectivity index (χ1) is 12.2. The van der Waals surface area contributed by atoms with E-state index in [1.165, 1.54) is 17.3 Å². The lowest BCUT2D eigenvalue weighted by Gasteiger charge is -2.26. The number of hydrogen-bond donors (Lipinski definition) is 1. The molecule has 8 heteroatoms. The molecule has 7 nitrogen and oxygen atoms in total. The summed E-state index contributed by atoms with van der Waals surface area (Å²) in [5, 5.41) is 3.34. The van der Waals surface area contributed by atoms with Crippen molar-refractivity contribution in [3.05, 3.63) is 21.7 Å². The van der Waals surface area contributed by atoms with Crippen LogP contribution < -0.4 is 11.0 Å². The molecule has 0 spiro atoms. The highest BCUT2D eigenvalue weighted by Crippen LogP contribution is 2.29. The zero-order chi connectivity index (χ0) is 17.6. The molecular weight excluding hydrogens is 340 g/mol. The Morgan fingerprint density at radius 1 is 1.28 bits per heavy atom. The monoisotopic (exact) mass is 366 g/mol. The number of ether oxygens (including phenoxy) is 1. The normalized spacial score (nSPS) is 17.5. The van der Waals surface area contributed by atoms with Crippen LogP contribution in [-0.2, 0) is 28.9 Å². The van der Waals surface area contributed by atoms with Gasteiger partial charge in [-0.15, -0.1) is 0 Å².